The number of para-hydroxylation sites is 2. The van der Waals surface area contributed by atoms with Crippen molar-refractivity contribution in [1.29, 1.82) is 0 Å². The number of ether oxygens (including phenoxy) is 1. The molecule has 2 aromatic rings. The third kappa shape index (κ3) is 4.08. The van der Waals surface area contributed by atoms with Gasteiger partial charge in [0.05, 0.1) is 18.7 Å². The lowest BCUT2D eigenvalue weighted by atomic mass is 10.1. The van der Waals surface area contributed by atoms with Crippen molar-refractivity contribution in [3.8, 4) is 5.75 Å². The number of aryl methyl sites for hydroxylation is 1. The van der Waals surface area contributed by atoms with E-state index in [4.69, 9.17) is 4.74 Å². The Kier molecular flexibility index (Phi) is 5.40. The molecule has 7 nitrogen and oxygen atoms in total. The van der Waals surface area contributed by atoms with E-state index in [1.807, 2.05) is 25.1 Å². The molecule has 2 aromatic carbocycles. The Labute approximate surface area is 157 Å². The van der Waals surface area contributed by atoms with Gasteiger partial charge < -0.3 is 9.64 Å². The molecule has 0 bridgehead atoms. The minimum atomic E-state index is -0.555. The van der Waals surface area contributed by atoms with E-state index in [9.17, 15) is 14.4 Å². The molecular formula is C20H21N3O4. The van der Waals surface area contributed by atoms with Gasteiger partial charge in [-0.15, -0.1) is 0 Å². The van der Waals surface area contributed by atoms with E-state index in [2.05, 4.69) is 10.9 Å². The van der Waals surface area contributed by atoms with Crippen molar-refractivity contribution >= 4 is 23.4 Å². The molecule has 0 radical (unpaired) electrons. The van der Waals surface area contributed by atoms with Gasteiger partial charge in [-0.2, -0.15) is 0 Å². The summed E-state index contributed by atoms with van der Waals surface area (Å²) in [5, 5.41) is 0. The van der Waals surface area contributed by atoms with Gasteiger partial charge in [-0.25, -0.2) is 0 Å². The van der Waals surface area contributed by atoms with E-state index >= 15 is 0 Å². The molecule has 3 amide bonds. The van der Waals surface area contributed by atoms with E-state index in [0.717, 1.165) is 5.56 Å². The van der Waals surface area contributed by atoms with Gasteiger partial charge in [0.1, 0.15) is 5.75 Å². The number of rotatable bonds is 4. The monoisotopic (exact) mass is 367 g/mol. The summed E-state index contributed by atoms with van der Waals surface area (Å²) in [5.41, 5.74) is 6.91. The highest BCUT2D eigenvalue weighted by Gasteiger charge is 2.36. The van der Waals surface area contributed by atoms with Crippen molar-refractivity contribution in [3.05, 3.63) is 59.7 Å². The summed E-state index contributed by atoms with van der Waals surface area (Å²) >= 11 is 0. The van der Waals surface area contributed by atoms with Crippen molar-refractivity contribution in [2.24, 2.45) is 5.92 Å². The van der Waals surface area contributed by atoms with Crippen LogP contribution in [0.3, 0.4) is 0 Å². The van der Waals surface area contributed by atoms with Crippen molar-refractivity contribution in [3.63, 3.8) is 0 Å². The van der Waals surface area contributed by atoms with Gasteiger partial charge in [-0.1, -0.05) is 29.8 Å². The summed E-state index contributed by atoms with van der Waals surface area (Å²) in [4.78, 5) is 38.4. The maximum absolute atomic E-state index is 12.4. The first-order chi connectivity index (χ1) is 13.0. The molecule has 3 rings (SSSR count). The number of benzene rings is 2. The fraction of sp³-hybridized carbons (Fsp3) is 0.250. The van der Waals surface area contributed by atoms with E-state index < -0.39 is 17.7 Å². The highest BCUT2D eigenvalue weighted by molar-refractivity contribution is 6.02. The van der Waals surface area contributed by atoms with Gasteiger partial charge in [0.15, 0.2) is 0 Å². The highest BCUT2D eigenvalue weighted by Crippen LogP contribution is 2.32. The number of hydrogen-bond acceptors (Lipinski definition) is 4. The lowest BCUT2D eigenvalue weighted by molar-refractivity contribution is -0.126. The van der Waals surface area contributed by atoms with Crippen molar-refractivity contribution in [2.75, 3.05) is 18.6 Å². The van der Waals surface area contributed by atoms with E-state index in [1.165, 1.54) is 12.0 Å². The average Bonchev–Trinajstić information content (AvgIpc) is 3.08. The summed E-state index contributed by atoms with van der Waals surface area (Å²) < 4.78 is 5.29. The molecule has 7 heteroatoms. The standard InChI is InChI=1S/C20H21N3O4/c1-13-7-9-14(10-8-13)19(25)21-22-20(26)15-11-18(24)23(12-15)16-5-3-4-6-17(16)27-2/h3-10,15H,11-12H2,1-2H3,(H,21,25)(H,22,26). The summed E-state index contributed by atoms with van der Waals surface area (Å²) in [6, 6.07) is 14.1. The number of carbonyl (C=O) groups excluding carboxylic acids is 3. The van der Waals surface area contributed by atoms with E-state index in [-0.39, 0.29) is 18.9 Å². The number of anilines is 1. The number of carbonyl (C=O) groups is 3. The van der Waals surface area contributed by atoms with Crippen LogP contribution in [0.1, 0.15) is 22.3 Å². The second kappa shape index (κ2) is 7.90. The molecule has 1 heterocycles. The summed E-state index contributed by atoms with van der Waals surface area (Å²) in [6.45, 7) is 2.15. The fourth-order valence-corrected chi connectivity index (χ4v) is 2.97. The quantitative estimate of drug-likeness (QED) is 0.807. The molecule has 0 aromatic heterocycles. The minimum absolute atomic E-state index is 0.0737. The molecular weight excluding hydrogens is 346 g/mol. The first-order valence-corrected chi connectivity index (χ1v) is 8.60. The van der Waals surface area contributed by atoms with E-state index in [0.29, 0.717) is 17.0 Å². The third-order valence-electron chi connectivity index (χ3n) is 4.48. The average molecular weight is 367 g/mol. The Bertz CT molecular complexity index is 864. The summed E-state index contributed by atoms with van der Waals surface area (Å²) in [7, 11) is 1.53. The van der Waals surface area contributed by atoms with Crippen molar-refractivity contribution in [1.82, 2.24) is 10.9 Å². The lowest BCUT2D eigenvalue weighted by Crippen LogP contribution is -2.45. The molecule has 27 heavy (non-hydrogen) atoms. The molecule has 1 atom stereocenters. The van der Waals surface area contributed by atoms with Gasteiger partial charge in [0.25, 0.3) is 5.91 Å². The zero-order valence-electron chi connectivity index (χ0n) is 15.2. The van der Waals surface area contributed by atoms with Crippen molar-refractivity contribution in [2.45, 2.75) is 13.3 Å². The van der Waals surface area contributed by atoms with Gasteiger partial charge in [-0.05, 0) is 31.2 Å². The third-order valence-corrected chi connectivity index (χ3v) is 4.48. The molecule has 1 fully saturated rings. The van der Waals surface area contributed by atoms with Crippen LogP contribution in [0.25, 0.3) is 0 Å². The predicted octanol–water partition coefficient (Wildman–Crippen LogP) is 1.82. The van der Waals surface area contributed by atoms with Crippen LogP contribution in [0.2, 0.25) is 0 Å². The van der Waals surface area contributed by atoms with Crippen LogP contribution in [0.4, 0.5) is 5.69 Å². The molecule has 0 saturated carbocycles. The second-order valence-electron chi connectivity index (χ2n) is 6.39. The second-order valence-corrected chi connectivity index (χ2v) is 6.39. The SMILES string of the molecule is COc1ccccc1N1CC(C(=O)NNC(=O)c2ccc(C)cc2)CC1=O. The van der Waals surface area contributed by atoms with Crippen LogP contribution < -0.4 is 20.5 Å². The van der Waals surface area contributed by atoms with Crippen molar-refractivity contribution < 1.29 is 19.1 Å². The van der Waals surface area contributed by atoms with Gasteiger partial charge >= 0.3 is 0 Å². The number of hydrogen-bond donors (Lipinski definition) is 2. The smallest absolute Gasteiger partial charge is 0.269 e. The number of hydrazine groups is 1. The Morgan fingerprint density at radius 1 is 1.07 bits per heavy atom. The van der Waals surface area contributed by atoms with Crippen LogP contribution in [-0.2, 0) is 9.59 Å². The van der Waals surface area contributed by atoms with Crippen LogP contribution in [0.5, 0.6) is 5.75 Å². The predicted molar refractivity (Wildman–Crippen MR) is 100 cm³/mol. The van der Waals surface area contributed by atoms with Crippen LogP contribution in [0.15, 0.2) is 48.5 Å². The Morgan fingerprint density at radius 3 is 2.48 bits per heavy atom. The minimum Gasteiger partial charge on any atom is -0.495 e. The first kappa shape index (κ1) is 18.4. The summed E-state index contributed by atoms with van der Waals surface area (Å²) in [5.74, 6) is -0.958. The molecule has 1 aliphatic rings. The van der Waals surface area contributed by atoms with Gasteiger partial charge in [0.2, 0.25) is 11.8 Å². The van der Waals surface area contributed by atoms with Gasteiger partial charge in [-0.3, -0.25) is 25.2 Å². The van der Waals surface area contributed by atoms with E-state index in [1.54, 1.807) is 30.3 Å². The molecule has 0 aliphatic carbocycles. The Hall–Kier alpha value is -3.35. The zero-order valence-corrected chi connectivity index (χ0v) is 15.2. The fourth-order valence-electron chi connectivity index (χ4n) is 2.97. The first-order valence-electron chi connectivity index (χ1n) is 8.60. The molecule has 1 unspecified atom stereocenters. The number of methoxy groups -OCH3 is 1. The maximum atomic E-state index is 12.4. The maximum Gasteiger partial charge on any atom is 0.269 e. The topological polar surface area (TPSA) is 87.7 Å². The molecule has 1 saturated heterocycles. The van der Waals surface area contributed by atoms with Crippen LogP contribution in [-0.4, -0.2) is 31.4 Å². The Morgan fingerprint density at radius 2 is 1.78 bits per heavy atom. The zero-order chi connectivity index (χ0) is 19.4. The van der Waals surface area contributed by atoms with Crippen LogP contribution in [0, 0.1) is 12.8 Å². The molecule has 0 spiro atoms. The molecule has 1 aliphatic heterocycles. The molecule has 2 N–H and O–H groups in total. The number of nitrogens with one attached hydrogen (secondary N) is 2. The molecule has 140 valence electrons. The van der Waals surface area contributed by atoms with Crippen LogP contribution >= 0.6 is 0 Å². The highest BCUT2D eigenvalue weighted by atomic mass is 16.5. The lowest BCUT2D eigenvalue weighted by Gasteiger charge is -2.19. The number of nitrogens with zero attached hydrogens (tertiary/aromatic N) is 1. The summed E-state index contributed by atoms with van der Waals surface area (Å²) in [6.07, 6.45) is 0.0737. The largest absolute Gasteiger partial charge is 0.495 e. The normalized spacial score (nSPS) is 16.1. The van der Waals surface area contributed by atoms with Gasteiger partial charge in [0, 0.05) is 18.5 Å². The number of amides is 3. The Balaban J connectivity index is 1.60.